The predicted molar refractivity (Wildman–Crippen MR) is 115 cm³/mol. The van der Waals surface area contributed by atoms with E-state index < -0.39 is 0 Å². The van der Waals surface area contributed by atoms with Crippen LogP contribution in [0.2, 0.25) is 0 Å². The molecule has 160 valence electrons. The van der Waals surface area contributed by atoms with Crippen molar-refractivity contribution >= 4 is 17.9 Å². The third-order valence-electron chi connectivity index (χ3n) is 5.13. The number of hydrogen-bond acceptors (Lipinski definition) is 5. The topological polar surface area (TPSA) is 83.8 Å². The Hall–Kier alpha value is -3.06. The lowest BCUT2D eigenvalue weighted by molar-refractivity contribution is -0.122. The van der Waals surface area contributed by atoms with Crippen LogP contribution in [0, 0.1) is 0 Å². The van der Waals surface area contributed by atoms with Crippen LogP contribution in [-0.4, -0.2) is 49.5 Å². The van der Waals surface area contributed by atoms with Crippen LogP contribution in [0.1, 0.15) is 30.6 Å². The summed E-state index contributed by atoms with van der Waals surface area (Å²) < 4.78 is 10.5. The molecular weight excluding hydrogens is 382 g/mol. The molecule has 0 unspecified atom stereocenters. The number of ether oxygens (including phenoxy) is 1. The molecule has 0 aliphatic carbocycles. The summed E-state index contributed by atoms with van der Waals surface area (Å²) in [5, 5.41) is 5.79. The molecule has 0 atom stereocenters. The highest BCUT2D eigenvalue weighted by Gasteiger charge is 2.21. The first-order valence-corrected chi connectivity index (χ1v) is 10.3. The van der Waals surface area contributed by atoms with Crippen molar-refractivity contribution < 1.29 is 18.7 Å². The molecule has 1 fully saturated rings. The third-order valence-corrected chi connectivity index (χ3v) is 5.13. The van der Waals surface area contributed by atoms with E-state index in [0.29, 0.717) is 12.3 Å². The number of carbonyl (C=O) groups excluding carboxylic acids is 2. The Morgan fingerprint density at radius 3 is 2.73 bits per heavy atom. The summed E-state index contributed by atoms with van der Waals surface area (Å²) in [5.74, 6) is 1.24. The first-order valence-electron chi connectivity index (χ1n) is 10.3. The van der Waals surface area contributed by atoms with Gasteiger partial charge >= 0.3 is 0 Å². The molecule has 2 heterocycles. The number of nitrogens with zero attached hydrogens (tertiary/aromatic N) is 1. The molecular formula is C23H29N3O4. The third kappa shape index (κ3) is 6.77. The van der Waals surface area contributed by atoms with Crippen molar-refractivity contribution in [2.75, 3.05) is 26.7 Å². The second-order valence-corrected chi connectivity index (χ2v) is 7.32. The van der Waals surface area contributed by atoms with Gasteiger partial charge in [0, 0.05) is 50.3 Å². The van der Waals surface area contributed by atoms with Gasteiger partial charge in [0.1, 0.15) is 11.5 Å². The second-order valence-electron chi connectivity index (χ2n) is 7.32. The van der Waals surface area contributed by atoms with Gasteiger partial charge in [-0.25, -0.2) is 0 Å². The fraction of sp³-hybridized carbons (Fsp3) is 0.391. The maximum absolute atomic E-state index is 12.2. The van der Waals surface area contributed by atoms with Gasteiger partial charge in [-0.05, 0) is 37.1 Å². The van der Waals surface area contributed by atoms with Crippen molar-refractivity contribution in [1.82, 2.24) is 15.5 Å². The van der Waals surface area contributed by atoms with Gasteiger partial charge < -0.3 is 19.8 Å². The predicted octanol–water partition coefficient (Wildman–Crippen LogP) is 2.59. The maximum Gasteiger partial charge on any atom is 0.244 e. The highest BCUT2D eigenvalue weighted by molar-refractivity contribution is 5.91. The summed E-state index contributed by atoms with van der Waals surface area (Å²) in [7, 11) is 1.69. The van der Waals surface area contributed by atoms with Crippen molar-refractivity contribution in [2.45, 2.75) is 31.8 Å². The minimum absolute atomic E-state index is 0.0338. The molecule has 2 N–H and O–H groups in total. The number of methoxy groups -OCH3 is 1. The van der Waals surface area contributed by atoms with E-state index in [4.69, 9.17) is 9.15 Å². The first kappa shape index (κ1) is 21.6. The van der Waals surface area contributed by atoms with E-state index in [9.17, 15) is 9.59 Å². The largest absolute Gasteiger partial charge is 0.496 e. The zero-order valence-corrected chi connectivity index (χ0v) is 17.3. The fourth-order valence-electron chi connectivity index (χ4n) is 3.51. The van der Waals surface area contributed by atoms with Crippen molar-refractivity contribution in [3.8, 4) is 5.75 Å². The number of furan rings is 1. The Bertz CT molecular complexity index is 840. The van der Waals surface area contributed by atoms with Gasteiger partial charge in [-0.15, -0.1) is 0 Å². The first-order chi connectivity index (χ1) is 14.6. The summed E-state index contributed by atoms with van der Waals surface area (Å²) in [6.07, 6.45) is 6.63. The van der Waals surface area contributed by atoms with E-state index in [2.05, 4.69) is 21.6 Å². The average molecular weight is 412 g/mol. The standard InChI is InChI=1S/C23H29N3O4/c1-29-21-7-3-2-5-18(21)17-26-14-11-19(12-15-26)25-23(28)10-13-24-22(27)9-8-20-6-4-16-30-20/h2-9,16,19H,10-15,17H2,1H3,(H,24,27)(H,25,28)/b9-8+. The lowest BCUT2D eigenvalue weighted by Gasteiger charge is -2.32. The smallest absolute Gasteiger partial charge is 0.244 e. The Morgan fingerprint density at radius 2 is 2.00 bits per heavy atom. The minimum Gasteiger partial charge on any atom is -0.496 e. The molecule has 2 amide bonds. The number of benzene rings is 1. The van der Waals surface area contributed by atoms with Gasteiger partial charge in [0.15, 0.2) is 0 Å². The summed E-state index contributed by atoms with van der Waals surface area (Å²) in [5.41, 5.74) is 1.18. The van der Waals surface area contributed by atoms with Gasteiger partial charge in [-0.2, -0.15) is 0 Å². The Kier molecular flexibility index (Phi) is 8.09. The fourth-order valence-corrected chi connectivity index (χ4v) is 3.51. The molecule has 3 rings (SSSR count). The molecule has 30 heavy (non-hydrogen) atoms. The van der Waals surface area contributed by atoms with Crippen molar-refractivity contribution in [1.29, 1.82) is 0 Å². The number of amides is 2. The lowest BCUT2D eigenvalue weighted by Crippen LogP contribution is -2.45. The van der Waals surface area contributed by atoms with Gasteiger partial charge in [0.05, 0.1) is 13.4 Å². The van der Waals surface area contributed by atoms with Gasteiger partial charge in [0.2, 0.25) is 11.8 Å². The van der Waals surface area contributed by atoms with Gasteiger partial charge in [-0.3, -0.25) is 14.5 Å². The van der Waals surface area contributed by atoms with Crippen LogP contribution >= 0.6 is 0 Å². The maximum atomic E-state index is 12.2. The van der Waals surface area contributed by atoms with Crippen LogP contribution in [0.3, 0.4) is 0 Å². The summed E-state index contributed by atoms with van der Waals surface area (Å²) >= 11 is 0. The molecule has 7 nitrogen and oxygen atoms in total. The summed E-state index contributed by atoms with van der Waals surface area (Å²) in [6.45, 7) is 3.01. The Balaban J connectivity index is 1.31. The van der Waals surface area contributed by atoms with Crippen LogP contribution in [0.5, 0.6) is 5.75 Å². The zero-order valence-electron chi connectivity index (χ0n) is 17.3. The molecule has 0 radical (unpaired) electrons. The number of para-hydroxylation sites is 1. The van der Waals surface area contributed by atoms with Gasteiger partial charge in [-0.1, -0.05) is 18.2 Å². The van der Waals surface area contributed by atoms with Crippen LogP contribution < -0.4 is 15.4 Å². The SMILES string of the molecule is COc1ccccc1CN1CCC(NC(=O)CCNC(=O)/C=C/c2ccco2)CC1. The number of carbonyl (C=O) groups is 2. The minimum atomic E-state index is -0.246. The van der Waals surface area contributed by atoms with E-state index in [0.717, 1.165) is 38.2 Å². The van der Waals surface area contributed by atoms with E-state index in [1.165, 1.54) is 11.6 Å². The Morgan fingerprint density at radius 1 is 1.20 bits per heavy atom. The van der Waals surface area contributed by atoms with E-state index in [-0.39, 0.29) is 24.3 Å². The number of nitrogens with one attached hydrogen (secondary N) is 2. The number of hydrogen-bond donors (Lipinski definition) is 2. The number of rotatable bonds is 9. The van der Waals surface area contributed by atoms with E-state index in [1.54, 1.807) is 31.6 Å². The highest BCUT2D eigenvalue weighted by atomic mass is 16.5. The molecule has 1 aliphatic heterocycles. The van der Waals surface area contributed by atoms with Crippen molar-refractivity contribution in [3.05, 3.63) is 60.1 Å². The van der Waals surface area contributed by atoms with Crippen LogP contribution in [0.15, 0.2) is 53.2 Å². The summed E-state index contributed by atoms with van der Waals surface area (Å²) in [6, 6.07) is 11.8. The molecule has 7 heteroatoms. The molecule has 1 aliphatic rings. The molecule has 1 saturated heterocycles. The van der Waals surface area contributed by atoms with E-state index >= 15 is 0 Å². The molecule has 0 saturated carbocycles. The monoisotopic (exact) mass is 411 g/mol. The second kappa shape index (κ2) is 11.2. The van der Waals surface area contributed by atoms with Gasteiger partial charge in [0.25, 0.3) is 0 Å². The molecule has 1 aromatic carbocycles. The Labute approximate surface area is 177 Å². The van der Waals surface area contributed by atoms with Crippen molar-refractivity contribution in [2.24, 2.45) is 0 Å². The molecule has 1 aromatic heterocycles. The lowest BCUT2D eigenvalue weighted by atomic mass is 10.0. The van der Waals surface area contributed by atoms with E-state index in [1.807, 2.05) is 18.2 Å². The zero-order chi connectivity index (χ0) is 21.2. The highest BCUT2D eigenvalue weighted by Crippen LogP contribution is 2.21. The number of likely N-dealkylation sites (tertiary alicyclic amines) is 1. The number of piperidine rings is 1. The van der Waals surface area contributed by atoms with Crippen LogP contribution in [0.4, 0.5) is 0 Å². The summed E-state index contributed by atoms with van der Waals surface area (Å²) in [4.78, 5) is 26.3. The van der Waals surface area contributed by atoms with Crippen molar-refractivity contribution in [3.63, 3.8) is 0 Å². The quantitative estimate of drug-likeness (QED) is 0.620. The van der Waals surface area contributed by atoms with Crippen LogP contribution in [-0.2, 0) is 16.1 Å². The molecule has 0 spiro atoms. The molecule has 2 aromatic rings. The molecule has 0 bridgehead atoms. The normalized spacial score (nSPS) is 15.2. The average Bonchev–Trinajstić information content (AvgIpc) is 3.28. The van der Waals surface area contributed by atoms with Crippen LogP contribution in [0.25, 0.3) is 6.08 Å².